The number of hydrogen-bond donors (Lipinski definition) is 2. The number of nitrogens with one attached hydrogen (secondary N) is 1. The van der Waals surface area contributed by atoms with E-state index in [9.17, 15) is 4.79 Å². The summed E-state index contributed by atoms with van der Waals surface area (Å²) in [6.45, 7) is 1.88. The van der Waals surface area contributed by atoms with Gasteiger partial charge in [0.2, 0.25) is 0 Å². The number of benzene rings is 1. The van der Waals surface area contributed by atoms with Gasteiger partial charge in [0, 0.05) is 5.56 Å². The van der Waals surface area contributed by atoms with Gasteiger partial charge in [-0.05, 0) is 25.1 Å². The maximum Gasteiger partial charge on any atom is 0.337 e. The zero-order valence-corrected chi connectivity index (χ0v) is 10.1. The molecule has 0 spiro atoms. The molecule has 0 atom stereocenters. The van der Waals surface area contributed by atoms with Crippen LogP contribution in [0.4, 0.5) is 0 Å². The van der Waals surface area contributed by atoms with Gasteiger partial charge < -0.3 is 10.1 Å². The molecule has 0 amide bonds. The highest BCUT2D eigenvalue weighted by atomic mass is 16.4. The molecule has 6 nitrogen and oxygen atoms in total. The smallest absolute Gasteiger partial charge is 0.337 e. The Labute approximate surface area is 108 Å². The number of imidazole rings is 1. The second-order valence-electron chi connectivity index (χ2n) is 4.19. The van der Waals surface area contributed by atoms with Crippen LogP contribution in [-0.4, -0.2) is 31.2 Å². The first-order valence-electron chi connectivity index (χ1n) is 5.66. The number of carboxylic acids is 1. The van der Waals surface area contributed by atoms with Crippen LogP contribution in [0.3, 0.4) is 0 Å². The number of aryl methyl sites for hydroxylation is 1. The van der Waals surface area contributed by atoms with Gasteiger partial charge in [0.1, 0.15) is 5.82 Å². The summed E-state index contributed by atoms with van der Waals surface area (Å²) in [6, 6.07) is 7.09. The first kappa shape index (κ1) is 11.3. The van der Waals surface area contributed by atoms with Crippen molar-refractivity contribution in [3.63, 3.8) is 0 Å². The zero-order valence-electron chi connectivity index (χ0n) is 10.1. The van der Waals surface area contributed by atoms with Crippen molar-refractivity contribution in [3.8, 4) is 11.3 Å². The topological polar surface area (TPSA) is 91.8 Å². The highest BCUT2D eigenvalue weighted by molar-refractivity contribution is 5.89. The summed E-state index contributed by atoms with van der Waals surface area (Å²) >= 11 is 0. The molecule has 3 rings (SSSR count). The quantitative estimate of drug-likeness (QED) is 0.730. The summed E-state index contributed by atoms with van der Waals surface area (Å²) in [6.07, 6.45) is 1.23. The second kappa shape index (κ2) is 4.16. The van der Waals surface area contributed by atoms with E-state index in [1.165, 1.54) is 12.3 Å². The molecule has 94 valence electrons. The van der Waals surface area contributed by atoms with E-state index < -0.39 is 5.97 Å². The lowest BCUT2D eigenvalue weighted by atomic mass is 10.1. The summed E-state index contributed by atoms with van der Waals surface area (Å²) < 4.78 is 0. The number of aromatic carboxylic acids is 1. The number of aromatic amines is 1. The van der Waals surface area contributed by atoms with E-state index in [4.69, 9.17) is 5.11 Å². The lowest BCUT2D eigenvalue weighted by molar-refractivity contribution is 0.0696. The van der Waals surface area contributed by atoms with Crippen molar-refractivity contribution >= 4 is 17.0 Å². The van der Waals surface area contributed by atoms with Crippen LogP contribution in [0.15, 0.2) is 30.5 Å². The van der Waals surface area contributed by atoms with Crippen molar-refractivity contribution in [2.24, 2.45) is 0 Å². The molecular formula is C13H10N4O2. The molecule has 0 fully saturated rings. The molecule has 0 radical (unpaired) electrons. The number of carboxylic acid groups (broad SMARTS) is 1. The van der Waals surface area contributed by atoms with Crippen LogP contribution >= 0.6 is 0 Å². The number of carbonyl (C=O) groups is 1. The Morgan fingerprint density at radius 2 is 2.16 bits per heavy atom. The summed E-state index contributed by atoms with van der Waals surface area (Å²) in [7, 11) is 0. The average Bonchev–Trinajstić information content (AvgIpc) is 2.77. The third-order valence-electron chi connectivity index (χ3n) is 2.80. The molecule has 0 aliphatic heterocycles. The van der Waals surface area contributed by atoms with Crippen LogP contribution in [0.2, 0.25) is 0 Å². The fourth-order valence-corrected chi connectivity index (χ4v) is 1.92. The summed E-state index contributed by atoms with van der Waals surface area (Å²) in [4.78, 5) is 18.4. The van der Waals surface area contributed by atoms with Gasteiger partial charge >= 0.3 is 5.97 Å². The molecule has 2 N–H and O–H groups in total. The minimum atomic E-state index is -1.02. The predicted octanol–water partition coefficient (Wildman–Crippen LogP) is 2.03. The Balaban J connectivity index is 2.12. The summed E-state index contributed by atoms with van der Waals surface area (Å²) in [5, 5.41) is 16.6. The largest absolute Gasteiger partial charge is 0.478 e. The predicted molar refractivity (Wildman–Crippen MR) is 68.8 cm³/mol. The molecule has 2 aromatic heterocycles. The van der Waals surface area contributed by atoms with Crippen LogP contribution in [0.25, 0.3) is 22.3 Å². The molecule has 0 bridgehead atoms. The van der Waals surface area contributed by atoms with Crippen LogP contribution in [-0.2, 0) is 0 Å². The number of H-pyrrole nitrogens is 1. The number of fused-ring (bicyclic) bond motifs is 1. The third kappa shape index (κ3) is 2.03. The van der Waals surface area contributed by atoms with Gasteiger partial charge in [0.15, 0.2) is 0 Å². The first-order valence-corrected chi connectivity index (χ1v) is 5.66. The fraction of sp³-hybridized carbons (Fsp3) is 0.0769. The van der Waals surface area contributed by atoms with E-state index in [0.717, 1.165) is 22.4 Å². The Morgan fingerprint density at radius 3 is 2.95 bits per heavy atom. The van der Waals surface area contributed by atoms with Gasteiger partial charge in [-0.3, -0.25) is 0 Å². The maximum absolute atomic E-state index is 10.9. The Morgan fingerprint density at radius 1 is 1.32 bits per heavy atom. The number of nitrogens with zero attached hydrogens (tertiary/aromatic N) is 3. The fourth-order valence-electron chi connectivity index (χ4n) is 1.92. The molecule has 1 aromatic carbocycles. The van der Waals surface area contributed by atoms with Crippen molar-refractivity contribution in [1.29, 1.82) is 0 Å². The minimum Gasteiger partial charge on any atom is -0.478 e. The van der Waals surface area contributed by atoms with Gasteiger partial charge in [-0.1, -0.05) is 6.07 Å². The second-order valence-corrected chi connectivity index (χ2v) is 4.19. The number of hydrogen-bond acceptors (Lipinski definition) is 4. The molecule has 0 saturated heterocycles. The lowest BCUT2D eigenvalue weighted by Gasteiger charge is -2.01. The first-order chi connectivity index (χ1) is 9.13. The van der Waals surface area contributed by atoms with Crippen molar-refractivity contribution in [2.75, 3.05) is 0 Å². The molecule has 19 heavy (non-hydrogen) atoms. The van der Waals surface area contributed by atoms with Gasteiger partial charge in [-0.25, -0.2) is 9.78 Å². The highest BCUT2D eigenvalue weighted by Crippen LogP contribution is 2.21. The monoisotopic (exact) mass is 254 g/mol. The summed E-state index contributed by atoms with van der Waals surface area (Å²) in [5.41, 5.74) is 3.19. The molecule has 0 aliphatic carbocycles. The van der Waals surface area contributed by atoms with Crippen LogP contribution in [0.1, 0.15) is 16.2 Å². The Bertz CT molecular complexity index is 779. The van der Waals surface area contributed by atoms with Crippen LogP contribution in [0.5, 0.6) is 0 Å². The standard InChI is InChI=1S/C13H10N4O2/c1-7-15-10-3-2-8(4-12(10)16-7)11-5-9(13(18)19)6-14-17-11/h2-6H,1H3,(H,15,16)(H,18,19). The molecule has 0 aliphatic rings. The van der Waals surface area contributed by atoms with E-state index in [0.29, 0.717) is 5.69 Å². The normalized spacial score (nSPS) is 10.8. The van der Waals surface area contributed by atoms with E-state index in [-0.39, 0.29) is 5.56 Å². The third-order valence-corrected chi connectivity index (χ3v) is 2.80. The molecular weight excluding hydrogens is 244 g/mol. The molecule has 0 saturated carbocycles. The summed E-state index contributed by atoms with van der Waals surface area (Å²) in [5.74, 6) is -0.188. The van der Waals surface area contributed by atoms with Crippen molar-refractivity contribution in [1.82, 2.24) is 20.2 Å². The van der Waals surface area contributed by atoms with Gasteiger partial charge in [-0.2, -0.15) is 10.2 Å². The number of rotatable bonds is 2. The molecule has 6 heteroatoms. The van der Waals surface area contributed by atoms with Crippen LogP contribution < -0.4 is 0 Å². The van der Waals surface area contributed by atoms with Crippen molar-refractivity contribution < 1.29 is 9.90 Å². The van der Waals surface area contributed by atoms with E-state index >= 15 is 0 Å². The highest BCUT2D eigenvalue weighted by Gasteiger charge is 2.08. The molecule has 2 heterocycles. The van der Waals surface area contributed by atoms with Gasteiger partial charge in [0.05, 0.1) is 28.5 Å². The lowest BCUT2D eigenvalue weighted by Crippen LogP contribution is -1.99. The van der Waals surface area contributed by atoms with Gasteiger partial charge in [0.25, 0.3) is 0 Å². The average molecular weight is 254 g/mol. The maximum atomic E-state index is 10.9. The SMILES string of the molecule is Cc1nc2ccc(-c3cc(C(=O)O)cnn3)cc2[nH]1. The zero-order chi connectivity index (χ0) is 13.4. The number of aromatic nitrogens is 4. The van der Waals surface area contributed by atoms with Crippen molar-refractivity contribution in [3.05, 3.63) is 41.9 Å². The van der Waals surface area contributed by atoms with Crippen molar-refractivity contribution in [2.45, 2.75) is 6.92 Å². The minimum absolute atomic E-state index is 0.117. The van der Waals surface area contributed by atoms with E-state index in [1.807, 2.05) is 25.1 Å². The van der Waals surface area contributed by atoms with E-state index in [2.05, 4.69) is 20.2 Å². The Hall–Kier alpha value is -2.76. The molecule has 0 unspecified atom stereocenters. The molecule has 3 aromatic rings. The van der Waals surface area contributed by atoms with Gasteiger partial charge in [-0.15, -0.1) is 0 Å². The van der Waals surface area contributed by atoms with Crippen LogP contribution in [0, 0.1) is 6.92 Å². The Kier molecular flexibility index (Phi) is 2.49. The van der Waals surface area contributed by atoms with E-state index in [1.54, 1.807) is 0 Å².